The lowest BCUT2D eigenvalue weighted by Gasteiger charge is -2.09. The molecular weight excluding hydrogens is 250 g/mol. The second-order valence-electron chi connectivity index (χ2n) is 4.83. The predicted octanol–water partition coefficient (Wildman–Crippen LogP) is 1.52. The number of benzene rings is 1. The second-order valence-corrected chi connectivity index (χ2v) is 6.36. The first-order valence-electron chi connectivity index (χ1n) is 6.10. The van der Waals surface area contributed by atoms with Crippen LogP contribution in [0.3, 0.4) is 0 Å². The van der Waals surface area contributed by atoms with Crippen molar-refractivity contribution in [1.29, 1.82) is 0 Å². The van der Waals surface area contributed by atoms with Crippen molar-refractivity contribution in [2.45, 2.75) is 37.1 Å². The highest BCUT2D eigenvalue weighted by Gasteiger charge is 2.35. The molecule has 2 rings (SSSR count). The summed E-state index contributed by atoms with van der Waals surface area (Å²) < 4.78 is 22.4. The van der Waals surface area contributed by atoms with Gasteiger partial charge >= 0.3 is 0 Å². The Morgan fingerprint density at radius 3 is 2.72 bits per heavy atom. The molecule has 1 aliphatic rings. The zero-order valence-electron chi connectivity index (χ0n) is 10.4. The highest BCUT2D eigenvalue weighted by atomic mass is 32.2. The van der Waals surface area contributed by atoms with Crippen molar-refractivity contribution >= 4 is 21.4 Å². The first kappa shape index (κ1) is 13.2. The van der Waals surface area contributed by atoms with Gasteiger partial charge in [-0.25, -0.2) is 13.6 Å². The standard InChI is InChI=1S/C12H19N3O2S/c1-2-3-8-6-11(8)15-9-4-5-12(10(13)7-9)18(14,16)17/h4-5,7-8,11,15H,2-3,6,13H2,1H3,(H2,14,16,17). The van der Waals surface area contributed by atoms with E-state index in [0.29, 0.717) is 6.04 Å². The quantitative estimate of drug-likeness (QED) is 0.706. The summed E-state index contributed by atoms with van der Waals surface area (Å²) in [5.41, 5.74) is 6.74. The molecule has 2 unspecified atom stereocenters. The summed E-state index contributed by atoms with van der Waals surface area (Å²) in [5.74, 6) is 0.731. The Bertz CT molecular complexity index is 542. The number of hydrogen-bond acceptors (Lipinski definition) is 4. The van der Waals surface area contributed by atoms with E-state index in [9.17, 15) is 8.42 Å². The SMILES string of the molecule is CCCC1CC1Nc1ccc(S(N)(=O)=O)c(N)c1. The van der Waals surface area contributed by atoms with Gasteiger partial charge in [-0.05, 0) is 37.0 Å². The van der Waals surface area contributed by atoms with Crippen LogP contribution in [0, 0.1) is 5.92 Å². The van der Waals surface area contributed by atoms with Crippen molar-refractivity contribution in [3.63, 3.8) is 0 Å². The molecule has 1 aliphatic carbocycles. The molecule has 1 aromatic carbocycles. The van der Waals surface area contributed by atoms with Gasteiger partial charge in [0, 0.05) is 11.7 Å². The molecule has 1 fully saturated rings. The van der Waals surface area contributed by atoms with Gasteiger partial charge in [0.2, 0.25) is 10.0 Å². The Labute approximate surface area is 108 Å². The zero-order chi connectivity index (χ0) is 13.3. The summed E-state index contributed by atoms with van der Waals surface area (Å²) in [5, 5.41) is 8.41. The third-order valence-electron chi connectivity index (χ3n) is 3.25. The van der Waals surface area contributed by atoms with Gasteiger partial charge in [-0.3, -0.25) is 0 Å². The number of rotatable bonds is 5. The van der Waals surface area contributed by atoms with E-state index in [2.05, 4.69) is 12.2 Å². The Kier molecular flexibility index (Phi) is 3.49. The molecule has 0 amide bonds. The van der Waals surface area contributed by atoms with E-state index >= 15 is 0 Å². The molecule has 0 spiro atoms. The van der Waals surface area contributed by atoms with E-state index in [1.165, 1.54) is 25.3 Å². The van der Waals surface area contributed by atoms with Crippen molar-refractivity contribution in [2.24, 2.45) is 11.1 Å². The molecule has 100 valence electrons. The van der Waals surface area contributed by atoms with E-state index < -0.39 is 10.0 Å². The van der Waals surface area contributed by atoms with Crippen LogP contribution in [0.15, 0.2) is 23.1 Å². The van der Waals surface area contributed by atoms with Gasteiger partial charge in [0.1, 0.15) is 4.90 Å². The third kappa shape index (κ3) is 2.94. The van der Waals surface area contributed by atoms with E-state index in [0.717, 1.165) is 11.6 Å². The molecule has 0 heterocycles. The number of anilines is 2. The van der Waals surface area contributed by atoms with E-state index in [-0.39, 0.29) is 10.6 Å². The van der Waals surface area contributed by atoms with Crippen LogP contribution in [0.25, 0.3) is 0 Å². The average molecular weight is 269 g/mol. The van der Waals surface area contributed by atoms with Crippen LogP contribution in [0.5, 0.6) is 0 Å². The fourth-order valence-corrected chi connectivity index (χ4v) is 2.87. The number of nitrogens with one attached hydrogen (secondary N) is 1. The van der Waals surface area contributed by atoms with E-state index in [1.807, 2.05) is 0 Å². The third-order valence-corrected chi connectivity index (χ3v) is 4.24. The van der Waals surface area contributed by atoms with Gasteiger partial charge in [0.15, 0.2) is 0 Å². The number of nitrogen functional groups attached to an aromatic ring is 1. The van der Waals surface area contributed by atoms with Crippen molar-refractivity contribution in [1.82, 2.24) is 0 Å². The molecule has 0 aromatic heterocycles. The highest BCUT2D eigenvalue weighted by Crippen LogP contribution is 2.37. The smallest absolute Gasteiger partial charge is 0.240 e. The molecule has 6 heteroatoms. The van der Waals surface area contributed by atoms with Crippen LogP contribution in [0.1, 0.15) is 26.2 Å². The average Bonchev–Trinajstić information content (AvgIpc) is 2.95. The molecular formula is C12H19N3O2S. The summed E-state index contributed by atoms with van der Waals surface area (Å²) in [7, 11) is -3.74. The van der Waals surface area contributed by atoms with Crippen LogP contribution in [-0.2, 0) is 10.0 Å². The minimum atomic E-state index is -3.74. The maximum absolute atomic E-state index is 11.2. The van der Waals surface area contributed by atoms with Crippen molar-refractivity contribution in [3.05, 3.63) is 18.2 Å². The van der Waals surface area contributed by atoms with Gasteiger partial charge in [0.25, 0.3) is 0 Å². The molecule has 1 aromatic rings. The first-order valence-corrected chi connectivity index (χ1v) is 7.65. The fourth-order valence-electron chi connectivity index (χ4n) is 2.23. The number of primary sulfonamides is 1. The van der Waals surface area contributed by atoms with E-state index in [1.54, 1.807) is 12.1 Å². The zero-order valence-corrected chi connectivity index (χ0v) is 11.2. The lowest BCUT2D eigenvalue weighted by Crippen LogP contribution is -2.14. The number of sulfonamides is 1. The predicted molar refractivity (Wildman–Crippen MR) is 72.7 cm³/mol. The molecule has 0 saturated heterocycles. The molecule has 2 atom stereocenters. The van der Waals surface area contributed by atoms with E-state index in [4.69, 9.17) is 10.9 Å². The highest BCUT2D eigenvalue weighted by molar-refractivity contribution is 7.89. The molecule has 1 saturated carbocycles. The Morgan fingerprint density at radius 2 is 2.17 bits per heavy atom. The van der Waals surface area contributed by atoms with Gasteiger partial charge in [-0.2, -0.15) is 0 Å². The molecule has 0 bridgehead atoms. The van der Waals surface area contributed by atoms with Crippen molar-refractivity contribution < 1.29 is 8.42 Å². The molecule has 0 radical (unpaired) electrons. The summed E-state index contributed by atoms with van der Waals surface area (Å²) in [4.78, 5) is -0.0195. The Balaban J connectivity index is 2.07. The van der Waals surface area contributed by atoms with Crippen molar-refractivity contribution in [2.75, 3.05) is 11.1 Å². The van der Waals surface area contributed by atoms with Gasteiger partial charge in [-0.15, -0.1) is 0 Å². The van der Waals surface area contributed by atoms with Crippen LogP contribution in [-0.4, -0.2) is 14.5 Å². The van der Waals surface area contributed by atoms with Crippen LogP contribution in [0.4, 0.5) is 11.4 Å². The minimum Gasteiger partial charge on any atom is -0.398 e. The summed E-state index contributed by atoms with van der Waals surface area (Å²) in [6.07, 6.45) is 3.59. The summed E-state index contributed by atoms with van der Waals surface area (Å²) >= 11 is 0. The maximum Gasteiger partial charge on any atom is 0.240 e. The summed E-state index contributed by atoms with van der Waals surface area (Å²) in [6.45, 7) is 2.17. The fraction of sp³-hybridized carbons (Fsp3) is 0.500. The number of nitrogens with two attached hydrogens (primary N) is 2. The van der Waals surface area contributed by atoms with Gasteiger partial charge < -0.3 is 11.1 Å². The van der Waals surface area contributed by atoms with Gasteiger partial charge in [-0.1, -0.05) is 13.3 Å². The minimum absolute atomic E-state index is 0.0195. The lowest BCUT2D eigenvalue weighted by atomic mass is 10.2. The van der Waals surface area contributed by atoms with Gasteiger partial charge in [0.05, 0.1) is 5.69 Å². The maximum atomic E-state index is 11.2. The topological polar surface area (TPSA) is 98.2 Å². The van der Waals surface area contributed by atoms with Crippen LogP contribution >= 0.6 is 0 Å². The Hall–Kier alpha value is -1.27. The molecule has 5 nitrogen and oxygen atoms in total. The first-order chi connectivity index (χ1) is 8.41. The molecule has 18 heavy (non-hydrogen) atoms. The lowest BCUT2D eigenvalue weighted by molar-refractivity contribution is 0.598. The van der Waals surface area contributed by atoms with Crippen LogP contribution in [0.2, 0.25) is 0 Å². The second kappa shape index (κ2) is 4.78. The summed E-state index contributed by atoms with van der Waals surface area (Å²) in [6, 6.07) is 5.27. The molecule has 0 aliphatic heterocycles. The molecule has 5 N–H and O–H groups in total. The monoisotopic (exact) mass is 269 g/mol. The number of hydrogen-bond donors (Lipinski definition) is 3. The Morgan fingerprint density at radius 1 is 1.44 bits per heavy atom. The van der Waals surface area contributed by atoms with Crippen molar-refractivity contribution in [3.8, 4) is 0 Å². The normalized spacial score (nSPS) is 22.8. The van der Waals surface area contributed by atoms with Crippen LogP contribution < -0.4 is 16.2 Å². The largest absolute Gasteiger partial charge is 0.398 e.